The van der Waals surface area contributed by atoms with Crippen LogP contribution in [0.15, 0.2) is 41.4 Å². The number of nitrogens with one attached hydrogen (secondary N) is 1. The zero-order valence-corrected chi connectivity index (χ0v) is 15.3. The van der Waals surface area contributed by atoms with Gasteiger partial charge >= 0.3 is 5.97 Å². The minimum absolute atomic E-state index is 0.0626. The van der Waals surface area contributed by atoms with Crippen molar-refractivity contribution in [3.8, 4) is 5.88 Å². The number of pyridine rings is 1. The van der Waals surface area contributed by atoms with Crippen LogP contribution in [0.2, 0.25) is 0 Å². The SMILES string of the molecule is COC(=O)c1cccc(S(=O)(=O)Nc2cc(C(C)C)cnc2OC)c1. The molecular formula is C17H20N2O5S. The van der Waals surface area contributed by atoms with Crippen LogP contribution in [0.4, 0.5) is 5.69 Å². The molecule has 8 heteroatoms. The van der Waals surface area contributed by atoms with E-state index in [0.717, 1.165) is 5.56 Å². The third-order valence-corrected chi connectivity index (χ3v) is 4.91. The van der Waals surface area contributed by atoms with E-state index in [9.17, 15) is 13.2 Å². The van der Waals surface area contributed by atoms with Gasteiger partial charge in [0.2, 0.25) is 5.88 Å². The van der Waals surface area contributed by atoms with Crippen LogP contribution in [0.3, 0.4) is 0 Å². The summed E-state index contributed by atoms with van der Waals surface area (Å²) in [5.41, 5.74) is 1.24. The van der Waals surface area contributed by atoms with E-state index in [0.29, 0.717) is 0 Å². The van der Waals surface area contributed by atoms with Gasteiger partial charge in [-0.15, -0.1) is 0 Å². The van der Waals surface area contributed by atoms with Crippen LogP contribution in [0.5, 0.6) is 5.88 Å². The second kappa shape index (κ2) is 7.52. The van der Waals surface area contributed by atoms with Gasteiger partial charge in [0.05, 0.1) is 24.7 Å². The second-order valence-corrected chi connectivity index (χ2v) is 7.29. The summed E-state index contributed by atoms with van der Waals surface area (Å²) >= 11 is 0. The van der Waals surface area contributed by atoms with Gasteiger partial charge in [-0.3, -0.25) is 4.72 Å². The summed E-state index contributed by atoms with van der Waals surface area (Å²) in [7, 11) is -1.29. The zero-order chi connectivity index (χ0) is 18.6. The average molecular weight is 364 g/mol. The van der Waals surface area contributed by atoms with Gasteiger partial charge in [-0.05, 0) is 35.7 Å². The molecule has 0 aliphatic rings. The number of rotatable bonds is 6. The fourth-order valence-electron chi connectivity index (χ4n) is 2.13. The lowest BCUT2D eigenvalue weighted by Gasteiger charge is -2.14. The number of nitrogens with zero attached hydrogens (tertiary/aromatic N) is 1. The molecule has 0 saturated carbocycles. The van der Waals surface area contributed by atoms with E-state index in [4.69, 9.17) is 4.74 Å². The highest BCUT2D eigenvalue weighted by atomic mass is 32.2. The van der Waals surface area contributed by atoms with Gasteiger partial charge in [-0.2, -0.15) is 0 Å². The Balaban J connectivity index is 2.42. The lowest BCUT2D eigenvalue weighted by molar-refractivity contribution is 0.0600. The predicted molar refractivity (Wildman–Crippen MR) is 93.5 cm³/mol. The van der Waals surface area contributed by atoms with Crippen LogP contribution in [-0.4, -0.2) is 33.6 Å². The Hall–Kier alpha value is -2.61. The van der Waals surface area contributed by atoms with Gasteiger partial charge < -0.3 is 9.47 Å². The average Bonchev–Trinajstić information content (AvgIpc) is 2.60. The third kappa shape index (κ3) is 4.27. The molecule has 0 fully saturated rings. The Morgan fingerprint density at radius 1 is 1.20 bits per heavy atom. The number of anilines is 1. The van der Waals surface area contributed by atoms with Gasteiger partial charge in [0.25, 0.3) is 10.0 Å². The zero-order valence-electron chi connectivity index (χ0n) is 14.4. The highest BCUT2D eigenvalue weighted by Crippen LogP contribution is 2.28. The molecule has 7 nitrogen and oxygen atoms in total. The van der Waals surface area contributed by atoms with Gasteiger partial charge in [-0.1, -0.05) is 19.9 Å². The minimum atomic E-state index is -3.93. The molecule has 0 unspecified atom stereocenters. The van der Waals surface area contributed by atoms with Crippen LogP contribution in [-0.2, 0) is 14.8 Å². The number of carbonyl (C=O) groups excluding carboxylic acids is 1. The molecule has 2 rings (SSSR count). The highest BCUT2D eigenvalue weighted by molar-refractivity contribution is 7.92. The summed E-state index contributed by atoms with van der Waals surface area (Å²) in [5, 5.41) is 0. The summed E-state index contributed by atoms with van der Waals surface area (Å²) in [6.07, 6.45) is 1.64. The van der Waals surface area contributed by atoms with Crippen LogP contribution in [0.25, 0.3) is 0 Å². The standard InChI is InChI=1S/C17H20N2O5S/c1-11(2)13-9-15(16(23-3)18-10-13)19-25(21,22)14-7-5-6-12(8-14)17(20)24-4/h5-11,19H,1-4H3. The first kappa shape index (κ1) is 18.7. The molecule has 0 bridgehead atoms. The Bertz CT molecular complexity index is 878. The van der Waals surface area contributed by atoms with Crippen LogP contribution in [0, 0.1) is 0 Å². The smallest absolute Gasteiger partial charge is 0.337 e. The number of ether oxygens (including phenoxy) is 2. The molecule has 0 radical (unpaired) electrons. The summed E-state index contributed by atoms with van der Waals surface area (Å²) in [5.74, 6) is -0.278. The predicted octanol–water partition coefficient (Wildman–Crippen LogP) is 2.80. The molecule has 0 atom stereocenters. The van der Waals surface area contributed by atoms with Crippen molar-refractivity contribution in [1.82, 2.24) is 4.98 Å². The molecule has 1 aromatic heterocycles. The van der Waals surface area contributed by atoms with Crippen LogP contribution in [0.1, 0.15) is 35.7 Å². The Labute approximate surface area is 147 Å². The molecule has 1 aromatic carbocycles. The summed E-state index contributed by atoms with van der Waals surface area (Å²) in [6.45, 7) is 3.95. The first-order valence-electron chi connectivity index (χ1n) is 7.53. The van der Waals surface area contributed by atoms with E-state index in [1.54, 1.807) is 12.3 Å². The molecule has 1 heterocycles. The third-order valence-electron chi connectivity index (χ3n) is 3.54. The summed E-state index contributed by atoms with van der Waals surface area (Å²) in [6, 6.07) is 7.27. The first-order chi connectivity index (χ1) is 11.8. The molecule has 0 amide bonds. The Morgan fingerprint density at radius 3 is 2.52 bits per heavy atom. The van der Waals surface area contributed by atoms with E-state index in [2.05, 4.69) is 14.4 Å². The minimum Gasteiger partial charge on any atom is -0.480 e. The lowest BCUT2D eigenvalue weighted by Crippen LogP contribution is -2.15. The quantitative estimate of drug-likeness (QED) is 0.792. The fourth-order valence-corrected chi connectivity index (χ4v) is 3.23. The molecule has 134 valence electrons. The number of hydrogen-bond acceptors (Lipinski definition) is 6. The summed E-state index contributed by atoms with van der Waals surface area (Å²) in [4.78, 5) is 15.7. The van der Waals surface area contributed by atoms with Crippen molar-refractivity contribution in [2.75, 3.05) is 18.9 Å². The van der Waals surface area contributed by atoms with Gasteiger partial charge in [0.15, 0.2) is 0 Å². The van der Waals surface area contributed by atoms with Crippen LogP contribution < -0.4 is 9.46 Å². The second-order valence-electron chi connectivity index (χ2n) is 5.61. The topological polar surface area (TPSA) is 94.6 Å². The molecule has 25 heavy (non-hydrogen) atoms. The summed E-state index contributed by atoms with van der Waals surface area (Å²) < 4.78 is 37.5. The molecule has 0 aliphatic heterocycles. The van der Waals surface area contributed by atoms with Crippen molar-refractivity contribution in [3.63, 3.8) is 0 Å². The van der Waals surface area contributed by atoms with E-state index in [-0.39, 0.29) is 27.9 Å². The van der Waals surface area contributed by atoms with Gasteiger partial charge in [-0.25, -0.2) is 18.2 Å². The number of methoxy groups -OCH3 is 2. The van der Waals surface area contributed by atoms with E-state index in [1.807, 2.05) is 13.8 Å². The molecule has 1 N–H and O–H groups in total. The molecule has 2 aromatic rings. The maximum absolute atomic E-state index is 12.7. The maximum Gasteiger partial charge on any atom is 0.337 e. The number of esters is 1. The van der Waals surface area contributed by atoms with Crippen molar-refractivity contribution < 1.29 is 22.7 Å². The highest BCUT2D eigenvalue weighted by Gasteiger charge is 2.20. The number of aromatic nitrogens is 1. The van der Waals surface area contributed by atoms with E-state index in [1.165, 1.54) is 38.5 Å². The van der Waals surface area contributed by atoms with Crippen molar-refractivity contribution in [2.24, 2.45) is 0 Å². The first-order valence-corrected chi connectivity index (χ1v) is 9.02. The van der Waals surface area contributed by atoms with Crippen molar-refractivity contribution >= 4 is 21.7 Å². The molecule has 0 saturated heterocycles. The monoisotopic (exact) mass is 364 g/mol. The molecule has 0 spiro atoms. The van der Waals surface area contributed by atoms with Crippen LogP contribution >= 0.6 is 0 Å². The molecular weight excluding hydrogens is 344 g/mol. The van der Waals surface area contributed by atoms with Crippen molar-refractivity contribution in [2.45, 2.75) is 24.7 Å². The largest absolute Gasteiger partial charge is 0.480 e. The number of carbonyl (C=O) groups is 1. The maximum atomic E-state index is 12.7. The van der Waals surface area contributed by atoms with Gasteiger partial charge in [0.1, 0.15) is 5.69 Å². The Morgan fingerprint density at radius 2 is 1.92 bits per heavy atom. The number of hydrogen-bond donors (Lipinski definition) is 1. The van der Waals surface area contributed by atoms with Gasteiger partial charge in [0, 0.05) is 6.20 Å². The fraction of sp³-hybridized carbons (Fsp3) is 0.294. The lowest BCUT2D eigenvalue weighted by atomic mass is 10.1. The number of benzene rings is 1. The number of sulfonamides is 1. The van der Waals surface area contributed by atoms with E-state index < -0.39 is 16.0 Å². The molecule has 0 aliphatic carbocycles. The normalized spacial score (nSPS) is 11.2. The Kier molecular flexibility index (Phi) is 5.63. The van der Waals surface area contributed by atoms with E-state index >= 15 is 0 Å². The van der Waals surface area contributed by atoms with Crippen molar-refractivity contribution in [3.05, 3.63) is 47.7 Å². The van der Waals surface area contributed by atoms with Crippen molar-refractivity contribution in [1.29, 1.82) is 0 Å².